The summed E-state index contributed by atoms with van der Waals surface area (Å²) in [5, 5.41) is 6.65. The molecule has 2 heterocycles. The van der Waals surface area contributed by atoms with Gasteiger partial charge >= 0.3 is 6.03 Å². The van der Waals surface area contributed by atoms with Crippen LogP contribution in [0.4, 0.5) is 10.5 Å². The van der Waals surface area contributed by atoms with E-state index in [2.05, 4.69) is 15.2 Å². The predicted octanol–water partition coefficient (Wildman–Crippen LogP) is 0.327. The molecule has 2 rings (SSSR count). The summed E-state index contributed by atoms with van der Waals surface area (Å²) in [6.45, 7) is 4.83. The first-order chi connectivity index (χ1) is 10.8. The number of carbonyl (C=O) groups is 1. The molecule has 0 radical (unpaired) electrons. The number of morpholine rings is 1. The maximum Gasteiger partial charge on any atom is 0.322 e. The number of hydrogen-bond donors (Lipinski definition) is 2. The minimum atomic E-state index is -3.33. The summed E-state index contributed by atoms with van der Waals surface area (Å²) in [4.78, 5) is 14.1. The van der Waals surface area contributed by atoms with E-state index in [9.17, 15) is 13.2 Å². The molecule has 10 heteroatoms. The standard InChI is InChI=1S/C13H22N4O5S/c1-4-11-12(9(2)16-22-11)15-13(18)17-5-6-21-8-10(17)7-14-23(3,19)20/h10,14H,4-8H2,1-3H3,(H,15,18). The zero-order chi connectivity index (χ0) is 17.0. The molecule has 1 aromatic heterocycles. The second kappa shape index (κ2) is 7.28. The summed E-state index contributed by atoms with van der Waals surface area (Å²) in [5.74, 6) is 0.606. The van der Waals surface area contributed by atoms with Gasteiger partial charge in [0.15, 0.2) is 5.76 Å². The molecule has 1 aliphatic rings. The number of hydrogen-bond acceptors (Lipinski definition) is 6. The van der Waals surface area contributed by atoms with Crippen molar-refractivity contribution in [3.8, 4) is 0 Å². The van der Waals surface area contributed by atoms with Gasteiger partial charge in [-0.05, 0) is 6.92 Å². The number of sulfonamides is 1. The third-order valence-electron chi connectivity index (χ3n) is 3.56. The van der Waals surface area contributed by atoms with Crippen molar-refractivity contribution < 1.29 is 22.5 Å². The number of ether oxygens (including phenoxy) is 1. The third-order valence-corrected chi connectivity index (χ3v) is 4.25. The summed E-state index contributed by atoms with van der Waals surface area (Å²) in [5.41, 5.74) is 1.17. The van der Waals surface area contributed by atoms with Gasteiger partial charge in [-0.1, -0.05) is 12.1 Å². The fourth-order valence-corrected chi connectivity index (χ4v) is 2.83. The highest BCUT2D eigenvalue weighted by atomic mass is 32.2. The van der Waals surface area contributed by atoms with E-state index in [0.29, 0.717) is 36.7 Å². The fourth-order valence-electron chi connectivity index (χ4n) is 2.34. The lowest BCUT2D eigenvalue weighted by Gasteiger charge is -2.35. The van der Waals surface area contributed by atoms with Gasteiger partial charge < -0.3 is 19.5 Å². The first kappa shape index (κ1) is 17.7. The zero-order valence-electron chi connectivity index (χ0n) is 13.5. The Hall–Kier alpha value is -1.65. The number of nitrogens with one attached hydrogen (secondary N) is 2. The van der Waals surface area contributed by atoms with Crippen molar-refractivity contribution in [1.29, 1.82) is 0 Å². The highest BCUT2D eigenvalue weighted by molar-refractivity contribution is 7.88. The van der Waals surface area contributed by atoms with Crippen LogP contribution in [0.1, 0.15) is 18.4 Å². The van der Waals surface area contributed by atoms with Gasteiger partial charge in [0, 0.05) is 19.5 Å². The van der Waals surface area contributed by atoms with Crippen LogP contribution in [0, 0.1) is 6.92 Å². The first-order valence-electron chi connectivity index (χ1n) is 7.37. The molecule has 2 amide bonds. The highest BCUT2D eigenvalue weighted by Crippen LogP contribution is 2.21. The number of aromatic nitrogens is 1. The van der Waals surface area contributed by atoms with E-state index >= 15 is 0 Å². The first-order valence-corrected chi connectivity index (χ1v) is 9.26. The Morgan fingerprint density at radius 1 is 1.48 bits per heavy atom. The summed E-state index contributed by atoms with van der Waals surface area (Å²) in [7, 11) is -3.33. The number of urea groups is 1. The minimum Gasteiger partial charge on any atom is -0.377 e. The van der Waals surface area contributed by atoms with Crippen LogP contribution in [0.3, 0.4) is 0 Å². The molecule has 1 fully saturated rings. The van der Waals surface area contributed by atoms with E-state index in [1.54, 1.807) is 11.8 Å². The molecule has 130 valence electrons. The SMILES string of the molecule is CCc1onc(C)c1NC(=O)N1CCOCC1CNS(C)(=O)=O. The molecule has 1 aromatic rings. The van der Waals surface area contributed by atoms with E-state index in [1.165, 1.54) is 0 Å². The van der Waals surface area contributed by atoms with E-state index in [4.69, 9.17) is 9.26 Å². The molecular formula is C13H22N4O5S. The summed E-state index contributed by atoms with van der Waals surface area (Å²) < 4.78 is 35.4. The summed E-state index contributed by atoms with van der Waals surface area (Å²) in [6, 6.07) is -0.696. The van der Waals surface area contributed by atoms with Gasteiger partial charge in [0.1, 0.15) is 11.4 Å². The average Bonchev–Trinajstić information content (AvgIpc) is 2.85. The van der Waals surface area contributed by atoms with Gasteiger partial charge in [0.2, 0.25) is 10.0 Å². The Balaban J connectivity index is 2.07. The molecule has 9 nitrogen and oxygen atoms in total. The lowest BCUT2D eigenvalue weighted by Crippen LogP contribution is -2.54. The van der Waals surface area contributed by atoms with Crippen LogP contribution < -0.4 is 10.0 Å². The van der Waals surface area contributed by atoms with Crippen molar-refractivity contribution in [3.63, 3.8) is 0 Å². The highest BCUT2D eigenvalue weighted by Gasteiger charge is 2.29. The Morgan fingerprint density at radius 3 is 2.87 bits per heavy atom. The quantitative estimate of drug-likeness (QED) is 0.794. The maximum absolute atomic E-state index is 12.5. The topological polar surface area (TPSA) is 114 Å². The molecule has 0 spiro atoms. The monoisotopic (exact) mass is 346 g/mol. The van der Waals surface area contributed by atoms with E-state index < -0.39 is 10.0 Å². The van der Waals surface area contributed by atoms with Gasteiger partial charge in [-0.15, -0.1) is 0 Å². The molecule has 23 heavy (non-hydrogen) atoms. The Labute approximate surface area is 135 Å². The number of aryl methyl sites for hydroxylation is 2. The molecule has 1 saturated heterocycles. The predicted molar refractivity (Wildman–Crippen MR) is 83.8 cm³/mol. The summed E-state index contributed by atoms with van der Waals surface area (Å²) in [6.07, 6.45) is 1.69. The normalized spacial score (nSPS) is 18.9. The Morgan fingerprint density at radius 2 is 2.22 bits per heavy atom. The lowest BCUT2D eigenvalue weighted by atomic mass is 10.2. The van der Waals surface area contributed by atoms with Gasteiger partial charge in [0.05, 0.1) is 25.5 Å². The fraction of sp³-hybridized carbons (Fsp3) is 0.692. The maximum atomic E-state index is 12.5. The Bertz CT molecular complexity index is 657. The van der Waals surface area contributed by atoms with Crippen molar-refractivity contribution in [1.82, 2.24) is 14.8 Å². The van der Waals surface area contributed by atoms with Crippen molar-refractivity contribution in [2.24, 2.45) is 0 Å². The van der Waals surface area contributed by atoms with Gasteiger partial charge in [-0.2, -0.15) is 0 Å². The molecule has 1 unspecified atom stereocenters. The van der Waals surface area contributed by atoms with Gasteiger partial charge in [-0.25, -0.2) is 17.9 Å². The van der Waals surface area contributed by atoms with Gasteiger partial charge in [-0.3, -0.25) is 0 Å². The molecule has 0 aliphatic carbocycles. The number of nitrogens with zero attached hydrogens (tertiary/aromatic N) is 2. The van der Waals surface area contributed by atoms with Crippen LogP contribution in [0.5, 0.6) is 0 Å². The molecule has 1 aliphatic heterocycles. The van der Waals surface area contributed by atoms with Crippen molar-refractivity contribution in [3.05, 3.63) is 11.5 Å². The smallest absolute Gasteiger partial charge is 0.322 e. The zero-order valence-corrected chi connectivity index (χ0v) is 14.3. The molecule has 1 atom stereocenters. The average molecular weight is 346 g/mol. The van der Waals surface area contributed by atoms with E-state index in [1.807, 2.05) is 6.92 Å². The minimum absolute atomic E-state index is 0.107. The van der Waals surface area contributed by atoms with E-state index in [-0.39, 0.29) is 25.2 Å². The van der Waals surface area contributed by atoms with Crippen molar-refractivity contribution >= 4 is 21.7 Å². The second-order valence-electron chi connectivity index (χ2n) is 5.39. The molecular weight excluding hydrogens is 324 g/mol. The second-order valence-corrected chi connectivity index (χ2v) is 7.23. The van der Waals surface area contributed by atoms with Crippen molar-refractivity contribution in [2.75, 3.05) is 37.9 Å². The van der Waals surface area contributed by atoms with Crippen LogP contribution in [0.25, 0.3) is 0 Å². The Kier molecular flexibility index (Phi) is 5.60. The van der Waals surface area contributed by atoms with Crippen LogP contribution >= 0.6 is 0 Å². The molecule has 0 aromatic carbocycles. The summed E-state index contributed by atoms with van der Waals surface area (Å²) >= 11 is 0. The van der Waals surface area contributed by atoms with Crippen molar-refractivity contribution in [2.45, 2.75) is 26.3 Å². The number of rotatable bonds is 5. The molecule has 0 saturated carbocycles. The van der Waals surface area contributed by atoms with Gasteiger partial charge in [0.25, 0.3) is 0 Å². The number of anilines is 1. The van der Waals surface area contributed by atoms with E-state index in [0.717, 1.165) is 6.26 Å². The number of carbonyl (C=O) groups excluding carboxylic acids is 1. The van der Waals surface area contributed by atoms with Crippen LogP contribution in [-0.2, 0) is 21.2 Å². The number of amides is 2. The van der Waals surface area contributed by atoms with Crippen LogP contribution in [-0.4, -0.2) is 63.1 Å². The van der Waals surface area contributed by atoms with Crippen LogP contribution in [0.2, 0.25) is 0 Å². The lowest BCUT2D eigenvalue weighted by molar-refractivity contribution is 0.0176. The molecule has 0 bridgehead atoms. The molecule has 2 N–H and O–H groups in total. The largest absolute Gasteiger partial charge is 0.377 e. The van der Waals surface area contributed by atoms with Crippen LogP contribution in [0.15, 0.2) is 4.52 Å². The third kappa shape index (κ3) is 4.66.